The van der Waals surface area contributed by atoms with Gasteiger partial charge in [-0.3, -0.25) is 0 Å². The number of nitrogen functional groups attached to an aromatic ring is 1. The lowest BCUT2D eigenvalue weighted by Gasteiger charge is -1.97. The Morgan fingerprint density at radius 1 is 1.12 bits per heavy atom. The molecule has 0 unspecified atom stereocenters. The first-order chi connectivity index (χ1) is 8.22. The minimum absolute atomic E-state index is 0.535. The molecular formula is C13H10BrN3. The molecule has 2 heterocycles. The van der Waals surface area contributed by atoms with Crippen molar-refractivity contribution in [3.05, 3.63) is 47.1 Å². The number of aromatic nitrogens is 2. The van der Waals surface area contributed by atoms with Crippen molar-refractivity contribution in [1.29, 1.82) is 0 Å². The van der Waals surface area contributed by atoms with E-state index in [-0.39, 0.29) is 0 Å². The summed E-state index contributed by atoms with van der Waals surface area (Å²) >= 11 is 3.46. The number of rotatable bonds is 1. The average molecular weight is 288 g/mol. The van der Waals surface area contributed by atoms with Crippen molar-refractivity contribution in [3.8, 4) is 11.3 Å². The molecule has 0 fully saturated rings. The second-order valence-electron chi connectivity index (χ2n) is 3.89. The Hall–Kier alpha value is -1.81. The summed E-state index contributed by atoms with van der Waals surface area (Å²) in [5, 5.41) is 1.17. The van der Waals surface area contributed by atoms with E-state index < -0.39 is 0 Å². The molecule has 0 radical (unpaired) electrons. The van der Waals surface area contributed by atoms with Crippen LogP contribution in [0.5, 0.6) is 0 Å². The quantitative estimate of drug-likeness (QED) is 0.719. The highest BCUT2D eigenvalue weighted by Gasteiger charge is 2.03. The third-order valence-electron chi connectivity index (χ3n) is 2.68. The van der Waals surface area contributed by atoms with Crippen molar-refractivity contribution in [2.45, 2.75) is 0 Å². The standard InChI is InChI=1S/C13H10BrN3/c14-10-2-3-11-9(5-10)6-12(17-11)8-1-4-13(15)16-7-8/h1-7,17H,(H2,15,16). The molecular weight excluding hydrogens is 278 g/mol. The van der Waals surface area contributed by atoms with Gasteiger partial charge in [0.25, 0.3) is 0 Å². The Morgan fingerprint density at radius 2 is 2.00 bits per heavy atom. The van der Waals surface area contributed by atoms with Crippen LogP contribution in [-0.2, 0) is 0 Å². The van der Waals surface area contributed by atoms with E-state index in [9.17, 15) is 0 Å². The van der Waals surface area contributed by atoms with Crippen LogP contribution >= 0.6 is 15.9 Å². The van der Waals surface area contributed by atoms with Crippen LogP contribution in [0.1, 0.15) is 0 Å². The first kappa shape index (κ1) is 10.4. The zero-order chi connectivity index (χ0) is 11.8. The molecule has 3 aromatic rings. The van der Waals surface area contributed by atoms with Gasteiger partial charge in [0.1, 0.15) is 5.82 Å². The second kappa shape index (κ2) is 3.89. The Kier molecular flexibility index (Phi) is 2.37. The number of hydrogen-bond acceptors (Lipinski definition) is 2. The Bertz CT molecular complexity index is 671. The minimum Gasteiger partial charge on any atom is -0.384 e. The Balaban J connectivity index is 2.14. The molecule has 0 amide bonds. The molecule has 3 N–H and O–H groups in total. The van der Waals surface area contributed by atoms with Crippen LogP contribution in [0.3, 0.4) is 0 Å². The molecule has 4 heteroatoms. The lowest BCUT2D eigenvalue weighted by Crippen LogP contribution is -1.88. The van der Waals surface area contributed by atoms with Gasteiger partial charge in [0.15, 0.2) is 0 Å². The van der Waals surface area contributed by atoms with Crippen molar-refractivity contribution in [1.82, 2.24) is 9.97 Å². The number of halogens is 1. The Labute approximate surface area is 107 Å². The summed E-state index contributed by atoms with van der Waals surface area (Å²) in [6.45, 7) is 0. The minimum atomic E-state index is 0.535. The van der Waals surface area contributed by atoms with Crippen LogP contribution in [0.4, 0.5) is 5.82 Å². The number of aromatic amines is 1. The number of hydrogen-bond donors (Lipinski definition) is 2. The fraction of sp³-hybridized carbons (Fsp3) is 0. The van der Waals surface area contributed by atoms with Gasteiger partial charge in [-0.2, -0.15) is 0 Å². The van der Waals surface area contributed by atoms with E-state index >= 15 is 0 Å². The first-order valence-electron chi connectivity index (χ1n) is 5.22. The van der Waals surface area contributed by atoms with Crippen LogP contribution in [0.15, 0.2) is 47.1 Å². The maximum atomic E-state index is 5.57. The van der Waals surface area contributed by atoms with E-state index in [0.29, 0.717) is 5.82 Å². The highest BCUT2D eigenvalue weighted by Crippen LogP contribution is 2.26. The summed E-state index contributed by atoms with van der Waals surface area (Å²) in [4.78, 5) is 7.45. The molecule has 0 atom stereocenters. The zero-order valence-electron chi connectivity index (χ0n) is 8.94. The third kappa shape index (κ3) is 1.91. The van der Waals surface area contributed by atoms with Gasteiger partial charge in [-0.25, -0.2) is 4.98 Å². The van der Waals surface area contributed by atoms with Crippen molar-refractivity contribution in [2.75, 3.05) is 5.73 Å². The van der Waals surface area contributed by atoms with E-state index in [1.807, 2.05) is 18.2 Å². The van der Waals surface area contributed by atoms with E-state index in [1.54, 1.807) is 12.3 Å². The third-order valence-corrected chi connectivity index (χ3v) is 3.17. The predicted molar refractivity (Wildman–Crippen MR) is 73.6 cm³/mol. The van der Waals surface area contributed by atoms with Crippen molar-refractivity contribution >= 4 is 32.7 Å². The number of anilines is 1. The highest BCUT2D eigenvalue weighted by molar-refractivity contribution is 9.10. The fourth-order valence-electron chi connectivity index (χ4n) is 1.82. The molecule has 1 aromatic carbocycles. The van der Waals surface area contributed by atoms with Gasteiger partial charge in [-0.15, -0.1) is 0 Å². The van der Waals surface area contributed by atoms with Gasteiger partial charge < -0.3 is 10.7 Å². The molecule has 0 aliphatic heterocycles. The number of pyridine rings is 1. The molecule has 0 saturated carbocycles. The SMILES string of the molecule is Nc1ccc(-c2cc3cc(Br)ccc3[nH]2)cn1. The number of nitrogens with zero attached hydrogens (tertiary/aromatic N) is 1. The van der Waals surface area contributed by atoms with Gasteiger partial charge in [-0.05, 0) is 36.4 Å². The second-order valence-corrected chi connectivity index (χ2v) is 4.80. The molecule has 2 aromatic heterocycles. The summed E-state index contributed by atoms with van der Waals surface area (Å²) in [7, 11) is 0. The van der Waals surface area contributed by atoms with Crippen LogP contribution in [-0.4, -0.2) is 9.97 Å². The summed E-state index contributed by atoms with van der Waals surface area (Å²) in [6.07, 6.45) is 1.77. The van der Waals surface area contributed by atoms with E-state index in [2.05, 4.69) is 38.0 Å². The number of benzene rings is 1. The molecule has 0 aliphatic carbocycles. The van der Waals surface area contributed by atoms with Crippen LogP contribution in [0, 0.1) is 0 Å². The van der Waals surface area contributed by atoms with Crippen molar-refractivity contribution in [2.24, 2.45) is 0 Å². The molecule has 84 valence electrons. The largest absolute Gasteiger partial charge is 0.384 e. The monoisotopic (exact) mass is 287 g/mol. The lowest BCUT2D eigenvalue weighted by atomic mass is 10.2. The molecule has 0 aliphatic rings. The zero-order valence-corrected chi connectivity index (χ0v) is 10.5. The Morgan fingerprint density at radius 3 is 2.76 bits per heavy atom. The topological polar surface area (TPSA) is 54.7 Å². The maximum absolute atomic E-state index is 5.57. The number of H-pyrrole nitrogens is 1. The first-order valence-corrected chi connectivity index (χ1v) is 6.02. The van der Waals surface area contributed by atoms with E-state index in [1.165, 1.54) is 5.39 Å². The molecule has 17 heavy (non-hydrogen) atoms. The predicted octanol–water partition coefficient (Wildman–Crippen LogP) is 3.57. The summed E-state index contributed by atoms with van der Waals surface area (Å²) < 4.78 is 1.07. The highest BCUT2D eigenvalue weighted by atomic mass is 79.9. The summed E-state index contributed by atoms with van der Waals surface area (Å²) in [5.74, 6) is 0.535. The molecule has 0 saturated heterocycles. The van der Waals surface area contributed by atoms with Gasteiger partial charge in [0.05, 0.1) is 0 Å². The number of nitrogens with two attached hydrogens (primary N) is 1. The van der Waals surface area contributed by atoms with Crippen molar-refractivity contribution < 1.29 is 0 Å². The summed E-state index contributed by atoms with van der Waals surface area (Å²) in [6, 6.07) is 12.0. The molecule has 0 bridgehead atoms. The van der Waals surface area contributed by atoms with Gasteiger partial charge in [0, 0.05) is 32.8 Å². The fourth-order valence-corrected chi connectivity index (χ4v) is 2.20. The molecule has 0 spiro atoms. The molecule has 3 nitrogen and oxygen atoms in total. The van der Waals surface area contributed by atoms with E-state index in [4.69, 9.17) is 5.73 Å². The smallest absolute Gasteiger partial charge is 0.123 e. The maximum Gasteiger partial charge on any atom is 0.123 e. The van der Waals surface area contributed by atoms with Crippen LogP contribution in [0.2, 0.25) is 0 Å². The molecule has 3 rings (SSSR count). The number of fused-ring (bicyclic) bond motifs is 1. The number of nitrogens with one attached hydrogen (secondary N) is 1. The van der Waals surface area contributed by atoms with Gasteiger partial charge in [0.2, 0.25) is 0 Å². The average Bonchev–Trinajstić information content (AvgIpc) is 2.72. The lowest BCUT2D eigenvalue weighted by molar-refractivity contribution is 1.32. The normalized spacial score (nSPS) is 10.9. The van der Waals surface area contributed by atoms with Gasteiger partial charge >= 0.3 is 0 Å². The van der Waals surface area contributed by atoms with E-state index in [0.717, 1.165) is 21.2 Å². The van der Waals surface area contributed by atoms with Crippen molar-refractivity contribution in [3.63, 3.8) is 0 Å². The van der Waals surface area contributed by atoms with Crippen LogP contribution in [0.25, 0.3) is 22.2 Å². The van der Waals surface area contributed by atoms with Gasteiger partial charge in [-0.1, -0.05) is 15.9 Å². The summed E-state index contributed by atoms with van der Waals surface area (Å²) in [5.41, 5.74) is 8.76. The van der Waals surface area contributed by atoms with Crippen LogP contribution < -0.4 is 5.73 Å².